The molecule has 182 valence electrons. The molecule has 0 bridgehead atoms. The molecule has 0 radical (unpaired) electrons. The van der Waals surface area contributed by atoms with Crippen LogP contribution in [0.15, 0.2) is 54.6 Å². The van der Waals surface area contributed by atoms with Crippen molar-refractivity contribution in [2.24, 2.45) is 5.73 Å². The number of rotatable bonds is 6. The van der Waals surface area contributed by atoms with Gasteiger partial charge in [0.25, 0.3) is 0 Å². The Kier molecular flexibility index (Phi) is 7.44. The van der Waals surface area contributed by atoms with Crippen LogP contribution in [0.3, 0.4) is 0 Å². The van der Waals surface area contributed by atoms with Gasteiger partial charge in [0.05, 0.1) is 12.1 Å². The van der Waals surface area contributed by atoms with Gasteiger partial charge in [-0.1, -0.05) is 54.6 Å². The molecule has 1 aliphatic heterocycles. The first-order chi connectivity index (χ1) is 16.6. The van der Waals surface area contributed by atoms with Gasteiger partial charge in [-0.25, -0.2) is 4.79 Å². The lowest BCUT2D eigenvalue weighted by Crippen LogP contribution is -2.61. The predicted molar refractivity (Wildman–Crippen MR) is 130 cm³/mol. The molecule has 2 aromatic rings. The van der Waals surface area contributed by atoms with E-state index in [-0.39, 0.29) is 11.9 Å². The van der Waals surface area contributed by atoms with Crippen LogP contribution in [-0.4, -0.2) is 54.3 Å². The molecule has 9 nitrogen and oxygen atoms in total. The van der Waals surface area contributed by atoms with Crippen molar-refractivity contribution in [1.29, 1.82) is 6.84 Å². The van der Waals surface area contributed by atoms with Crippen molar-refractivity contribution in [3.8, 4) is 11.1 Å². The topological polar surface area (TPSA) is 141 Å². The summed E-state index contributed by atoms with van der Waals surface area (Å²) in [6.45, 7) is 5.47. The van der Waals surface area contributed by atoms with Crippen molar-refractivity contribution >= 4 is 18.0 Å². The second-order valence-corrected chi connectivity index (χ2v) is 8.95. The number of guanidine groups is 1. The first-order valence-corrected chi connectivity index (χ1v) is 11.3. The molecule has 1 saturated heterocycles. The largest absolute Gasteiger partial charge is 0.438 e. The Morgan fingerprint density at radius 1 is 1.21 bits per heavy atom. The normalized spacial score (nSPS) is 19.5. The first-order valence-electron chi connectivity index (χ1n) is 11.7. The van der Waals surface area contributed by atoms with Gasteiger partial charge in [-0.15, -0.1) is 0 Å². The molecule has 1 aliphatic rings. The monoisotopic (exact) mass is 469 g/mol. The van der Waals surface area contributed by atoms with Crippen LogP contribution in [-0.2, 0) is 15.1 Å². The van der Waals surface area contributed by atoms with Gasteiger partial charge in [-0.2, -0.15) is 0 Å². The Balaban J connectivity index is 1.62. The second-order valence-electron chi connectivity index (χ2n) is 8.95. The van der Waals surface area contributed by atoms with E-state index in [1.807, 2.05) is 54.6 Å². The fourth-order valence-electron chi connectivity index (χ4n) is 3.84. The minimum atomic E-state index is -0.958. The summed E-state index contributed by atoms with van der Waals surface area (Å²) in [4.78, 5) is 26.1. The molecule has 1 fully saturated rings. The molecule has 1 heterocycles. The van der Waals surface area contributed by atoms with Gasteiger partial charge in [-0.05, 0) is 50.3 Å². The summed E-state index contributed by atoms with van der Waals surface area (Å²) in [5.41, 5.74) is 7.59. The minimum absolute atomic E-state index is 0.276. The second kappa shape index (κ2) is 10.7. The molecule has 6 N–H and O–H groups in total. The smallest absolute Gasteiger partial charge is 0.414 e. The summed E-state index contributed by atoms with van der Waals surface area (Å²) in [5.74, 6) is -0.653. The highest BCUT2D eigenvalue weighted by Crippen LogP contribution is 2.28. The molecule has 0 spiro atoms. The van der Waals surface area contributed by atoms with Crippen LogP contribution in [0.1, 0.15) is 39.2 Å². The third-order valence-corrected chi connectivity index (χ3v) is 5.85. The van der Waals surface area contributed by atoms with Gasteiger partial charge in [0.2, 0.25) is 13.3 Å². The van der Waals surface area contributed by atoms with E-state index in [4.69, 9.17) is 22.4 Å². The number of carbonyl (C=O) groups is 2. The summed E-state index contributed by atoms with van der Waals surface area (Å²) in [7, 11) is 0. The standard InChI is InChI=1S/C25H33N5O4/c1-16(26)21(31)28-20-10-7-15-30(22(20)32)23(27)29-24(33)34-25(2,3)19-13-11-18(12-14-19)17-8-5-4-6-9-17/h4-6,8-9,11-14,16,20,22,32H,7,10,15,26H2,1-3H3,(H,28,31)(H2,27,29,33)/i32T. The van der Waals surface area contributed by atoms with E-state index >= 15 is 0 Å². The van der Waals surface area contributed by atoms with Crippen molar-refractivity contribution in [2.45, 2.75) is 57.5 Å². The summed E-state index contributed by atoms with van der Waals surface area (Å²) in [6, 6.07) is 16.4. The van der Waals surface area contributed by atoms with E-state index in [2.05, 4.69) is 10.6 Å². The Hall–Kier alpha value is -3.43. The number of amides is 2. The Morgan fingerprint density at radius 2 is 1.85 bits per heavy atom. The van der Waals surface area contributed by atoms with Gasteiger partial charge < -0.3 is 25.8 Å². The molecule has 2 aromatic carbocycles. The number of aliphatic hydroxyl groups excluding tert-OH is 1. The molecule has 3 rings (SSSR count). The number of likely N-dealkylation sites (tertiary alicyclic amines) is 1. The number of nitrogens with two attached hydrogens (primary N) is 1. The highest BCUT2D eigenvalue weighted by Gasteiger charge is 2.34. The first kappa shape index (κ1) is 23.7. The van der Waals surface area contributed by atoms with E-state index in [0.717, 1.165) is 16.7 Å². The Bertz CT molecular complexity index is 1030. The molecule has 0 aromatic heterocycles. The third kappa shape index (κ3) is 6.12. The molecule has 3 unspecified atom stereocenters. The van der Waals surface area contributed by atoms with E-state index in [0.29, 0.717) is 19.4 Å². The van der Waals surface area contributed by atoms with Crippen molar-refractivity contribution in [3.05, 3.63) is 60.2 Å². The van der Waals surface area contributed by atoms with Gasteiger partial charge in [0.15, 0.2) is 0 Å². The van der Waals surface area contributed by atoms with E-state index in [1.165, 1.54) is 4.90 Å². The highest BCUT2D eigenvalue weighted by atomic mass is 16.6. The number of aliphatic hydroxyl groups is 1. The number of ether oxygens (including phenoxy) is 1. The maximum Gasteiger partial charge on any atom is 0.414 e. The summed E-state index contributed by atoms with van der Waals surface area (Å²) in [5, 5.41) is 18.3. The number of nitrogens with zero attached hydrogens (tertiary/aromatic N) is 1. The lowest BCUT2D eigenvalue weighted by Gasteiger charge is -2.39. The summed E-state index contributed by atoms with van der Waals surface area (Å²) < 4.78 is 13.1. The van der Waals surface area contributed by atoms with Crippen molar-refractivity contribution in [3.63, 3.8) is 0 Å². The number of nitrogens with one attached hydrogen (secondary N) is 3. The van der Waals surface area contributed by atoms with Gasteiger partial charge in [0, 0.05) is 6.54 Å². The van der Waals surface area contributed by atoms with Crippen LogP contribution in [0.4, 0.5) is 4.79 Å². The zero-order chi connectivity index (χ0) is 25.6. The summed E-state index contributed by atoms with van der Waals surface area (Å²) >= 11 is 0. The average molecular weight is 470 g/mol. The molecule has 9 heteroatoms. The molecule has 0 aliphatic carbocycles. The van der Waals surface area contributed by atoms with Crippen molar-refractivity contribution < 1.29 is 19.4 Å². The number of hydrogen-bond acceptors (Lipinski definition) is 6. The lowest BCUT2D eigenvalue weighted by molar-refractivity contribution is -0.125. The zero-order valence-electron chi connectivity index (χ0n) is 20.7. The lowest BCUT2D eigenvalue weighted by atomic mass is 9.95. The average Bonchev–Trinajstić information content (AvgIpc) is 2.84. The Morgan fingerprint density at radius 3 is 2.47 bits per heavy atom. The molecular weight excluding hydrogens is 434 g/mol. The maximum absolute atomic E-state index is 12.6. The number of piperidine rings is 1. The van der Waals surface area contributed by atoms with Crippen LogP contribution in [0.5, 0.6) is 0 Å². The highest BCUT2D eigenvalue weighted by molar-refractivity contribution is 5.92. The quantitative estimate of drug-likeness (QED) is 0.325. The van der Waals surface area contributed by atoms with E-state index < -0.39 is 30.0 Å². The van der Waals surface area contributed by atoms with Gasteiger partial charge in [0.1, 0.15) is 11.8 Å². The van der Waals surface area contributed by atoms with Crippen LogP contribution >= 0.6 is 0 Å². The molecule has 3 atom stereocenters. The summed E-state index contributed by atoms with van der Waals surface area (Å²) in [6.07, 6.45) is -0.569. The van der Waals surface area contributed by atoms with E-state index in [9.17, 15) is 9.59 Å². The third-order valence-electron chi connectivity index (χ3n) is 5.85. The predicted octanol–water partition coefficient (Wildman–Crippen LogP) is 2.50. The molecule has 2 amide bonds. The number of alkyl carbamates (subject to hydrolysis) is 1. The van der Waals surface area contributed by atoms with Crippen LogP contribution in [0.2, 0.25) is 0 Å². The molecule has 34 heavy (non-hydrogen) atoms. The molecular formula is C25H33N5O4. The van der Waals surface area contributed by atoms with Crippen LogP contribution in [0, 0.1) is 5.41 Å². The van der Waals surface area contributed by atoms with Gasteiger partial charge in [-0.3, -0.25) is 15.5 Å². The SMILES string of the molecule is [3H]OC1C(NC(=O)C(C)N)CCCN1C(=N)NC(=O)OC(C)(C)c1ccc(-c2ccccc2)cc1. The number of carbonyl (C=O) groups excluding carboxylic acids is 2. The van der Waals surface area contributed by atoms with Crippen LogP contribution < -0.4 is 16.4 Å². The van der Waals surface area contributed by atoms with Gasteiger partial charge >= 0.3 is 6.09 Å². The maximum atomic E-state index is 12.6. The molecule has 0 saturated carbocycles. The fourth-order valence-corrected chi connectivity index (χ4v) is 3.84. The van der Waals surface area contributed by atoms with Crippen molar-refractivity contribution in [1.82, 2.24) is 15.5 Å². The fraction of sp³-hybridized carbons (Fsp3) is 0.400. The zero-order valence-corrected chi connectivity index (χ0v) is 19.7. The Labute approximate surface area is 201 Å². The van der Waals surface area contributed by atoms with Crippen molar-refractivity contribution in [2.75, 3.05) is 6.54 Å². The minimum Gasteiger partial charge on any atom is -0.438 e. The number of benzene rings is 2. The number of hydrogen-bond donors (Lipinski definition) is 5. The van der Waals surface area contributed by atoms with Crippen LogP contribution in [0.25, 0.3) is 11.1 Å². The van der Waals surface area contributed by atoms with E-state index in [1.54, 1.807) is 20.8 Å².